The molecule has 0 aromatic heterocycles. The first kappa shape index (κ1) is 19.4. The van der Waals surface area contributed by atoms with Crippen molar-refractivity contribution >= 4 is 0 Å². The Balaban J connectivity index is 1.73. The smallest absolute Gasteiger partial charge is 0.169 e. The molecule has 2 aliphatic rings. The van der Waals surface area contributed by atoms with Crippen molar-refractivity contribution in [1.29, 1.82) is 0 Å². The van der Waals surface area contributed by atoms with E-state index in [9.17, 15) is 0 Å². The van der Waals surface area contributed by atoms with Crippen molar-refractivity contribution in [3.05, 3.63) is 23.5 Å². The standard InChI is InChI=1S/C19H32O5/c1-4-6-8-20-9-10-21-11-12-22-19(7-5-2)14-18-17(13-16(19)3)15-23-24-18/h13-14,16H,4-12,15H2,1-3H3. The fourth-order valence-corrected chi connectivity index (χ4v) is 3.12. The Kier molecular flexibility index (Phi) is 8.25. The molecule has 0 amide bonds. The van der Waals surface area contributed by atoms with Crippen LogP contribution in [0.1, 0.15) is 46.5 Å². The number of ether oxygens (including phenoxy) is 3. The molecule has 0 aromatic rings. The van der Waals surface area contributed by atoms with Crippen LogP contribution in [0.3, 0.4) is 0 Å². The van der Waals surface area contributed by atoms with Crippen LogP contribution in [0.15, 0.2) is 23.5 Å². The Morgan fingerprint density at radius 1 is 1.08 bits per heavy atom. The first-order chi connectivity index (χ1) is 11.7. The van der Waals surface area contributed by atoms with Crippen LogP contribution in [0.25, 0.3) is 0 Å². The predicted octanol–water partition coefficient (Wildman–Crippen LogP) is 3.80. The van der Waals surface area contributed by atoms with Gasteiger partial charge in [-0.15, -0.1) is 0 Å². The van der Waals surface area contributed by atoms with Gasteiger partial charge < -0.3 is 19.1 Å². The lowest BCUT2D eigenvalue weighted by atomic mass is 9.79. The summed E-state index contributed by atoms with van der Waals surface area (Å²) in [6.45, 7) is 10.3. The van der Waals surface area contributed by atoms with Crippen molar-refractivity contribution in [3.8, 4) is 0 Å². The number of rotatable bonds is 12. The Hall–Kier alpha value is -0.880. The lowest BCUT2D eigenvalue weighted by Gasteiger charge is -2.37. The third kappa shape index (κ3) is 5.31. The molecule has 1 fully saturated rings. The summed E-state index contributed by atoms with van der Waals surface area (Å²) in [4.78, 5) is 10.3. The van der Waals surface area contributed by atoms with Gasteiger partial charge in [0.2, 0.25) is 0 Å². The molecule has 1 heterocycles. The second-order valence-electron chi connectivity index (χ2n) is 6.47. The highest BCUT2D eigenvalue weighted by atomic mass is 17.2. The monoisotopic (exact) mass is 340 g/mol. The molecule has 5 nitrogen and oxygen atoms in total. The summed E-state index contributed by atoms with van der Waals surface area (Å²) < 4.78 is 17.3. The van der Waals surface area contributed by atoms with Crippen molar-refractivity contribution < 1.29 is 24.0 Å². The van der Waals surface area contributed by atoms with Gasteiger partial charge >= 0.3 is 0 Å². The number of unbranched alkanes of at least 4 members (excludes halogenated alkanes) is 1. The first-order valence-corrected chi connectivity index (χ1v) is 9.24. The van der Waals surface area contributed by atoms with Crippen LogP contribution in [-0.2, 0) is 24.0 Å². The van der Waals surface area contributed by atoms with Crippen LogP contribution in [-0.4, -0.2) is 45.2 Å². The Morgan fingerprint density at radius 3 is 2.58 bits per heavy atom. The van der Waals surface area contributed by atoms with Gasteiger partial charge in [-0.3, -0.25) is 0 Å². The molecule has 2 rings (SSSR count). The van der Waals surface area contributed by atoms with Gasteiger partial charge in [-0.1, -0.05) is 39.7 Å². The summed E-state index contributed by atoms with van der Waals surface area (Å²) >= 11 is 0. The van der Waals surface area contributed by atoms with Gasteiger partial charge in [0, 0.05) is 18.1 Å². The highest BCUT2D eigenvalue weighted by Gasteiger charge is 2.39. The molecule has 0 spiro atoms. The van der Waals surface area contributed by atoms with Gasteiger partial charge in [0.25, 0.3) is 0 Å². The highest BCUT2D eigenvalue weighted by molar-refractivity contribution is 5.37. The fourth-order valence-electron chi connectivity index (χ4n) is 3.12. The van der Waals surface area contributed by atoms with E-state index in [4.69, 9.17) is 24.0 Å². The number of fused-ring (bicyclic) bond motifs is 1. The molecular formula is C19H32O5. The molecule has 1 aliphatic heterocycles. The van der Waals surface area contributed by atoms with E-state index in [1.165, 1.54) is 0 Å². The van der Waals surface area contributed by atoms with Crippen molar-refractivity contribution in [3.63, 3.8) is 0 Å². The van der Waals surface area contributed by atoms with Gasteiger partial charge in [0.15, 0.2) is 5.76 Å². The Bertz CT molecular complexity index is 431. The zero-order chi connectivity index (χ0) is 17.3. The van der Waals surface area contributed by atoms with E-state index in [2.05, 4.69) is 32.9 Å². The van der Waals surface area contributed by atoms with Gasteiger partial charge in [-0.05, 0) is 18.9 Å². The van der Waals surface area contributed by atoms with Crippen molar-refractivity contribution in [2.75, 3.05) is 39.6 Å². The zero-order valence-electron chi connectivity index (χ0n) is 15.3. The maximum atomic E-state index is 6.25. The summed E-state index contributed by atoms with van der Waals surface area (Å²) in [5.74, 6) is 1.10. The topological polar surface area (TPSA) is 46.2 Å². The van der Waals surface area contributed by atoms with Crippen LogP contribution in [0.5, 0.6) is 0 Å². The molecule has 0 aromatic carbocycles. The van der Waals surface area contributed by atoms with E-state index in [0.29, 0.717) is 39.0 Å². The normalized spacial score (nSPS) is 25.9. The number of hydrogen-bond donors (Lipinski definition) is 0. The van der Waals surface area contributed by atoms with Crippen LogP contribution in [0.4, 0.5) is 0 Å². The van der Waals surface area contributed by atoms with Gasteiger partial charge in [-0.2, -0.15) is 4.89 Å². The molecule has 0 saturated carbocycles. The summed E-state index contributed by atoms with van der Waals surface area (Å²) in [5, 5.41) is 0. The third-order valence-electron chi connectivity index (χ3n) is 4.53. The average molecular weight is 340 g/mol. The predicted molar refractivity (Wildman–Crippen MR) is 92.5 cm³/mol. The number of hydrogen-bond acceptors (Lipinski definition) is 5. The summed E-state index contributed by atoms with van der Waals surface area (Å²) in [6, 6.07) is 0. The quantitative estimate of drug-likeness (QED) is 0.399. The van der Waals surface area contributed by atoms with E-state index in [1.807, 2.05) is 0 Å². The zero-order valence-corrected chi connectivity index (χ0v) is 15.3. The summed E-state index contributed by atoms with van der Waals surface area (Å²) in [7, 11) is 0. The third-order valence-corrected chi connectivity index (χ3v) is 4.53. The second kappa shape index (κ2) is 10.2. The first-order valence-electron chi connectivity index (χ1n) is 9.24. The fraction of sp³-hybridized carbons (Fsp3) is 0.789. The van der Waals surface area contributed by atoms with Crippen molar-refractivity contribution in [1.82, 2.24) is 0 Å². The Labute approximate surface area is 145 Å². The van der Waals surface area contributed by atoms with E-state index < -0.39 is 0 Å². The van der Waals surface area contributed by atoms with Crippen molar-refractivity contribution in [2.45, 2.75) is 52.1 Å². The molecule has 2 atom stereocenters. The molecule has 0 N–H and O–H groups in total. The van der Waals surface area contributed by atoms with E-state index in [-0.39, 0.29) is 5.60 Å². The molecule has 2 unspecified atom stereocenters. The van der Waals surface area contributed by atoms with Crippen LogP contribution < -0.4 is 0 Å². The molecule has 1 aliphatic carbocycles. The molecule has 0 radical (unpaired) electrons. The lowest BCUT2D eigenvalue weighted by Crippen LogP contribution is -2.40. The summed E-state index contributed by atoms with van der Waals surface area (Å²) in [6.07, 6.45) is 8.57. The molecular weight excluding hydrogens is 308 g/mol. The maximum absolute atomic E-state index is 6.25. The van der Waals surface area contributed by atoms with E-state index >= 15 is 0 Å². The van der Waals surface area contributed by atoms with Crippen LogP contribution >= 0.6 is 0 Å². The van der Waals surface area contributed by atoms with Crippen LogP contribution in [0.2, 0.25) is 0 Å². The molecule has 138 valence electrons. The van der Waals surface area contributed by atoms with E-state index in [0.717, 1.165) is 43.6 Å². The molecule has 1 saturated heterocycles. The SMILES string of the molecule is CCCCOCCOCCOC1(CCC)C=C2OOCC2=CC1C. The molecule has 24 heavy (non-hydrogen) atoms. The Morgan fingerprint density at radius 2 is 1.83 bits per heavy atom. The minimum Gasteiger partial charge on any atom is -0.379 e. The maximum Gasteiger partial charge on any atom is 0.169 e. The average Bonchev–Trinajstić information content (AvgIpc) is 3.01. The minimum atomic E-state index is -0.331. The second-order valence-corrected chi connectivity index (χ2v) is 6.47. The highest BCUT2D eigenvalue weighted by Crippen LogP contribution is 2.39. The molecule has 5 heteroatoms. The lowest BCUT2D eigenvalue weighted by molar-refractivity contribution is -0.224. The van der Waals surface area contributed by atoms with E-state index in [1.54, 1.807) is 0 Å². The van der Waals surface area contributed by atoms with Crippen molar-refractivity contribution in [2.24, 2.45) is 5.92 Å². The largest absolute Gasteiger partial charge is 0.379 e. The van der Waals surface area contributed by atoms with Gasteiger partial charge in [0.1, 0.15) is 6.61 Å². The van der Waals surface area contributed by atoms with Gasteiger partial charge in [-0.25, -0.2) is 0 Å². The van der Waals surface area contributed by atoms with Gasteiger partial charge in [0.05, 0.1) is 32.0 Å². The minimum absolute atomic E-state index is 0.291. The molecule has 0 bridgehead atoms. The van der Waals surface area contributed by atoms with Crippen LogP contribution in [0, 0.1) is 5.92 Å². The summed E-state index contributed by atoms with van der Waals surface area (Å²) in [5.41, 5.74) is 0.792.